The molecule has 1 N–H and O–H groups in total. The maximum Gasteiger partial charge on any atom is 0.251 e. The molecule has 2 aliphatic rings. The maximum absolute atomic E-state index is 12.8. The molecule has 2 aromatic carbocycles. The summed E-state index contributed by atoms with van der Waals surface area (Å²) in [6.45, 7) is 2.50. The zero-order valence-electron chi connectivity index (χ0n) is 17.8. The number of hydrogen-bond donors (Lipinski definition) is 1. The number of methoxy groups -OCH3 is 1. The van der Waals surface area contributed by atoms with Crippen LogP contribution in [0.25, 0.3) is 0 Å². The van der Waals surface area contributed by atoms with E-state index < -0.39 is 10.0 Å². The summed E-state index contributed by atoms with van der Waals surface area (Å²) in [4.78, 5) is 12.8. The Labute approximate surface area is 187 Å². The van der Waals surface area contributed by atoms with Gasteiger partial charge < -0.3 is 24.3 Å². The van der Waals surface area contributed by atoms with Crippen molar-refractivity contribution in [3.05, 3.63) is 53.1 Å². The van der Waals surface area contributed by atoms with Crippen molar-refractivity contribution < 1.29 is 32.2 Å². The molecule has 1 amide bonds. The Morgan fingerprint density at radius 1 is 1.06 bits per heavy atom. The van der Waals surface area contributed by atoms with Gasteiger partial charge in [0.25, 0.3) is 5.91 Å². The summed E-state index contributed by atoms with van der Waals surface area (Å²) in [5, 5.41) is 2.86. The van der Waals surface area contributed by atoms with Crippen molar-refractivity contribution in [2.75, 3.05) is 46.6 Å². The average molecular weight is 463 g/mol. The molecule has 2 heterocycles. The van der Waals surface area contributed by atoms with Crippen LogP contribution in [0.5, 0.6) is 17.2 Å². The molecule has 4 rings (SSSR count). The normalized spacial score (nSPS) is 16.4. The Hall–Kier alpha value is -2.82. The predicted octanol–water partition coefficient (Wildman–Crippen LogP) is 1.56. The van der Waals surface area contributed by atoms with Crippen LogP contribution in [-0.2, 0) is 27.1 Å². The second kappa shape index (κ2) is 9.76. The van der Waals surface area contributed by atoms with Crippen LogP contribution in [0.3, 0.4) is 0 Å². The second-order valence-corrected chi connectivity index (χ2v) is 9.39. The maximum atomic E-state index is 12.8. The van der Waals surface area contributed by atoms with E-state index in [1.165, 1.54) is 11.4 Å². The van der Waals surface area contributed by atoms with Crippen molar-refractivity contribution >= 4 is 15.9 Å². The number of rotatable bonds is 7. The number of nitrogens with zero attached hydrogens (tertiary/aromatic N) is 1. The Bertz CT molecular complexity index is 1060. The quantitative estimate of drug-likeness (QED) is 0.666. The standard InChI is InChI=1S/C22H26N2O7S/c1-28-19-12-18(13-20-21(19)31-11-10-30-20)22(25)23-14-16-4-2-3-5-17(16)15-32(26,27)24-6-8-29-9-7-24/h2-5,12-13H,6-11,14-15H2,1H3,(H,23,25). The van der Waals surface area contributed by atoms with Gasteiger partial charge >= 0.3 is 0 Å². The van der Waals surface area contributed by atoms with Crippen molar-refractivity contribution in [2.45, 2.75) is 12.3 Å². The van der Waals surface area contributed by atoms with Gasteiger partial charge in [-0.05, 0) is 23.3 Å². The van der Waals surface area contributed by atoms with Crippen molar-refractivity contribution in [2.24, 2.45) is 0 Å². The highest BCUT2D eigenvalue weighted by molar-refractivity contribution is 7.88. The van der Waals surface area contributed by atoms with E-state index in [0.29, 0.717) is 67.9 Å². The second-order valence-electron chi connectivity index (χ2n) is 7.42. The number of ether oxygens (including phenoxy) is 4. The van der Waals surface area contributed by atoms with Crippen LogP contribution in [0.1, 0.15) is 21.5 Å². The van der Waals surface area contributed by atoms with Crippen LogP contribution in [0.15, 0.2) is 36.4 Å². The summed E-state index contributed by atoms with van der Waals surface area (Å²) in [5.74, 6) is 0.902. The van der Waals surface area contributed by atoms with Crippen molar-refractivity contribution in [1.29, 1.82) is 0 Å². The Kier molecular flexibility index (Phi) is 6.83. The van der Waals surface area contributed by atoms with Crippen LogP contribution in [0.2, 0.25) is 0 Å². The average Bonchev–Trinajstić information content (AvgIpc) is 2.83. The smallest absolute Gasteiger partial charge is 0.251 e. The molecule has 0 saturated carbocycles. The largest absolute Gasteiger partial charge is 0.493 e. The lowest BCUT2D eigenvalue weighted by Gasteiger charge is -2.26. The Morgan fingerprint density at radius 2 is 1.78 bits per heavy atom. The lowest BCUT2D eigenvalue weighted by Crippen LogP contribution is -2.41. The van der Waals surface area contributed by atoms with E-state index >= 15 is 0 Å². The summed E-state index contributed by atoms with van der Waals surface area (Å²) in [6.07, 6.45) is 0. The van der Waals surface area contributed by atoms with E-state index in [2.05, 4.69) is 5.32 Å². The van der Waals surface area contributed by atoms with Gasteiger partial charge in [-0.25, -0.2) is 8.42 Å². The molecule has 2 aliphatic heterocycles. The van der Waals surface area contributed by atoms with Gasteiger partial charge in [-0.1, -0.05) is 24.3 Å². The third-order valence-corrected chi connectivity index (χ3v) is 7.18. The summed E-state index contributed by atoms with van der Waals surface area (Å²) >= 11 is 0. The van der Waals surface area contributed by atoms with Gasteiger partial charge in [0.2, 0.25) is 15.8 Å². The van der Waals surface area contributed by atoms with Gasteiger partial charge in [0.1, 0.15) is 13.2 Å². The highest BCUT2D eigenvalue weighted by Crippen LogP contribution is 2.40. The van der Waals surface area contributed by atoms with E-state index in [-0.39, 0.29) is 18.2 Å². The van der Waals surface area contributed by atoms with Crippen LogP contribution >= 0.6 is 0 Å². The molecule has 0 bridgehead atoms. The van der Waals surface area contributed by atoms with Gasteiger partial charge in [-0.2, -0.15) is 4.31 Å². The molecule has 0 aliphatic carbocycles. The summed E-state index contributed by atoms with van der Waals surface area (Å²) < 4.78 is 48.8. The van der Waals surface area contributed by atoms with Gasteiger partial charge in [-0.3, -0.25) is 4.79 Å². The van der Waals surface area contributed by atoms with Crippen LogP contribution in [-0.4, -0.2) is 65.3 Å². The minimum atomic E-state index is -3.48. The lowest BCUT2D eigenvalue weighted by molar-refractivity contribution is 0.0729. The highest BCUT2D eigenvalue weighted by atomic mass is 32.2. The molecule has 0 atom stereocenters. The molecule has 0 unspecified atom stereocenters. The molecule has 0 radical (unpaired) electrons. The lowest BCUT2D eigenvalue weighted by atomic mass is 10.1. The fourth-order valence-electron chi connectivity index (χ4n) is 3.67. The van der Waals surface area contributed by atoms with E-state index in [1.807, 2.05) is 12.1 Å². The number of benzene rings is 2. The molecule has 10 heteroatoms. The fourth-order valence-corrected chi connectivity index (χ4v) is 5.23. The number of morpholine rings is 1. The van der Waals surface area contributed by atoms with Gasteiger partial charge in [0.15, 0.2) is 11.5 Å². The van der Waals surface area contributed by atoms with E-state index in [0.717, 1.165) is 5.56 Å². The van der Waals surface area contributed by atoms with Gasteiger partial charge in [0.05, 0.1) is 26.1 Å². The van der Waals surface area contributed by atoms with Gasteiger partial charge in [-0.15, -0.1) is 0 Å². The monoisotopic (exact) mass is 462 g/mol. The molecular formula is C22H26N2O7S. The summed E-state index contributed by atoms with van der Waals surface area (Å²) in [6, 6.07) is 10.4. The van der Waals surface area contributed by atoms with E-state index in [4.69, 9.17) is 18.9 Å². The van der Waals surface area contributed by atoms with Crippen LogP contribution in [0.4, 0.5) is 0 Å². The SMILES string of the molecule is COc1cc(C(=O)NCc2ccccc2CS(=O)(=O)N2CCOCC2)cc2c1OCCO2. The fraction of sp³-hybridized carbons (Fsp3) is 0.409. The predicted molar refractivity (Wildman–Crippen MR) is 117 cm³/mol. The van der Waals surface area contributed by atoms with Gasteiger partial charge in [0, 0.05) is 25.2 Å². The number of carbonyl (C=O) groups excluding carboxylic acids is 1. The van der Waals surface area contributed by atoms with E-state index in [9.17, 15) is 13.2 Å². The zero-order valence-corrected chi connectivity index (χ0v) is 18.7. The number of carbonyl (C=O) groups is 1. The molecular weight excluding hydrogens is 436 g/mol. The Morgan fingerprint density at radius 3 is 2.53 bits per heavy atom. The molecule has 32 heavy (non-hydrogen) atoms. The van der Waals surface area contributed by atoms with Crippen LogP contribution < -0.4 is 19.5 Å². The molecule has 0 spiro atoms. The number of sulfonamides is 1. The highest BCUT2D eigenvalue weighted by Gasteiger charge is 2.26. The topological polar surface area (TPSA) is 103 Å². The summed E-state index contributed by atoms with van der Waals surface area (Å²) in [5.41, 5.74) is 1.76. The first-order chi connectivity index (χ1) is 15.5. The first-order valence-corrected chi connectivity index (χ1v) is 12.0. The molecule has 1 fully saturated rings. The third-order valence-electron chi connectivity index (χ3n) is 5.35. The first kappa shape index (κ1) is 22.4. The molecule has 0 aromatic heterocycles. The molecule has 2 aromatic rings. The van der Waals surface area contributed by atoms with Crippen molar-refractivity contribution in [1.82, 2.24) is 9.62 Å². The molecule has 1 saturated heterocycles. The first-order valence-electron chi connectivity index (χ1n) is 10.4. The molecule has 172 valence electrons. The molecule has 9 nitrogen and oxygen atoms in total. The number of fused-ring (bicyclic) bond motifs is 1. The number of amides is 1. The number of hydrogen-bond acceptors (Lipinski definition) is 7. The van der Waals surface area contributed by atoms with E-state index in [1.54, 1.807) is 24.3 Å². The third kappa shape index (κ3) is 4.98. The van der Waals surface area contributed by atoms with Crippen molar-refractivity contribution in [3.8, 4) is 17.2 Å². The van der Waals surface area contributed by atoms with Crippen molar-refractivity contribution in [3.63, 3.8) is 0 Å². The summed E-state index contributed by atoms with van der Waals surface area (Å²) in [7, 11) is -1.97. The minimum Gasteiger partial charge on any atom is -0.493 e. The number of nitrogens with one attached hydrogen (secondary N) is 1. The Balaban J connectivity index is 1.47. The van der Waals surface area contributed by atoms with Crippen LogP contribution in [0, 0.1) is 0 Å². The minimum absolute atomic E-state index is 0.128. The zero-order chi connectivity index (χ0) is 22.6.